The van der Waals surface area contributed by atoms with Crippen molar-refractivity contribution in [2.24, 2.45) is 0 Å². The molecule has 0 fully saturated rings. The number of fused-ring (bicyclic) bond motifs is 1. The molecule has 0 unspecified atom stereocenters. The summed E-state index contributed by atoms with van der Waals surface area (Å²) in [5, 5.41) is 14.9. The molecule has 1 heterocycles. The molecule has 0 saturated heterocycles. The van der Waals surface area contributed by atoms with Crippen LogP contribution in [0.1, 0.15) is 22.3 Å². The van der Waals surface area contributed by atoms with Crippen LogP contribution in [0.3, 0.4) is 0 Å². The van der Waals surface area contributed by atoms with Crippen molar-refractivity contribution in [3.63, 3.8) is 0 Å². The first-order chi connectivity index (χ1) is 14.3. The minimum absolute atomic E-state index is 0.226. The number of halogens is 1. The van der Waals surface area contributed by atoms with Crippen LogP contribution < -0.4 is 10.2 Å². The van der Waals surface area contributed by atoms with Gasteiger partial charge in [-0.3, -0.25) is 14.5 Å². The minimum atomic E-state index is -1.84. The zero-order chi connectivity index (χ0) is 21.5. The van der Waals surface area contributed by atoms with Gasteiger partial charge in [0.2, 0.25) is 5.91 Å². The van der Waals surface area contributed by atoms with E-state index in [-0.39, 0.29) is 12.5 Å². The van der Waals surface area contributed by atoms with Gasteiger partial charge in [0.25, 0.3) is 5.91 Å². The molecule has 2 amide bonds. The zero-order valence-corrected chi connectivity index (χ0v) is 17.4. The average molecular weight is 421 g/mol. The van der Waals surface area contributed by atoms with Gasteiger partial charge in [0, 0.05) is 16.3 Å². The molecule has 2 N–H and O–H groups in total. The van der Waals surface area contributed by atoms with Gasteiger partial charge in [-0.1, -0.05) is 65.7 Å². The highest BCUT2D eigenvalue weighted by Crippen LogP contribution is 2.44. The Morgan fingerprint density at radius 3 is 2.57 bits per heavy atom. The highest BCUT2D eigenvalue weighted by Gasteiger charge is 2.51. The molecule has 3 aromatic rings. The minimum Gasteiger partial charge on any atom is -0.372 e. The quantitative estimate of drug-likeness (QED) is 0.665. The van der Waals surface area contributed by atoms with E-state index >= 15 is 0 Å². The summed E-state index contributed by atoms with van der Waals surface area (Å²) in [6.45, 7) is 3.48. The van der Waals surface area contributed by atoms with Crippen LogP contribution in [0.2, 0.25) is 5.02 Å². The summed E-state index contributed by atoms with van der Waals surface area (Å²) >= 11 is 6.13. The fourth-order valence-corrected chi connectivity index (χ4v) is 3.99. The molecule has 5 nitrogen and oxygen atoms in total. The number of amides is 2. The topological polar surface area (TPSA) is 69.6 Å². The first-order valence-electron chi connectivity index (χ1n) is 9.58. The van der Waals surface area contributed by atoms with E-state index in [0.29, 0.717) is 27.5 Å². The van der Waals surface area contributed by atoms with Crippen LogP contribution in [0.15, 0.2) is 66.7 Å². The predicted octanol–water partition coefficient (Wildman–Crippen LogP) is 4.18. The molecule has 1 atom stereocenters. The van der Waals surface area contributed by atoms with E-state index in [1.54, 1.807) is 60.7 Å². The lowest BCUT2D eigenvalue weighted by molar-refractivity contribution is -0.133. The molecule has 0 bridgehead atoms. The molecule has 0 spiro atoms. The van der Waals surface area contributed by atoms with Crippen molar-refractivity contribution < 1.29 is 14.7 Å². The lowest BCUT2D eigenvalue weighted by Gasteiger charge is -2.24. The number of carbonyl (C=O) groups is 2. The third kappa shape index (κ3) is 3.26. The Balaban J connectivity index is 1.67. The number of hydrogen-bond acceptors (Lipinski definition) is 3. The van der Waals surface area contributed by atoms with Gasteiger partial charge in [0.05, 0.1) is 5.69 Å². The molecule has 6 heteroatoms. The summed E-state index contributed by atoms with van der Waals surface area (Å²) in [6.07, 6.45) is 0. The van der Waals surface area contributed by atoms with Crippen LogP contribution in [0.25, 0.3) is 0 Å². The van der Waals surface area contributed by atoms with Crippen LogP contribution in [-0.4, -0.2) is 23.5 Å². The van der Waals surface area contributed by atoms with E-state index < -0.39 is 11.5 Å². The Hall–Kier alpha value is -3.15. The second kappa shape index (κ2) is 7.59. The van der Waals surface area contributed by atoms with Gasteiger partial charge in [-0.05, 0) is 43.2 Å². The maximum atomic E-state index is 13.4. The molecule has 0 saturated carbocycles. The standard InChI is InChI=1S/C24H21ClN2O3/c1-15-7-5-8-17(13-15)24(30)18-9-3-4-12-21(18)27(23(24)29)14-22(28)26-20-11-6-10-19(25)16(20)2/h3-13,30H,14H2,1-2H3,(H,26,28)/t24-/m1/s1. The molecule has 4 rings (SSSR count). The van der Waals surface area contributed by atoms with E-state index in [4.69, 9.17) is 11.6 Å². The highest BCUT2D eigenvalue weighted by atomic mass is 35.5. The molecular weight excluding hydrogens is 400 g/mol. The van der Waals surface area contributed by atoms with Crippen molar-refractivity contribution in [1.82, 2.24) is 0 Å². The third-order valence-corrected chi connectivity index (χ3v) is 5.83. The van der Waals surface area contributed by atoms with Crippen molar-refractivity contribution >= 4 is 34.8 Å². The normalized spacial score (nSPS) is 17.7. The van der Waals surface area contributed by atoms with E-state index in [0.717, 1.165) is 11.1 Å². The summed E-state index contributed by atoms with van der Waals surface area (Å²) in [5.74, 6) is -0.927. The number of para-hydroxylation sites is 1. The maximum absolute atomic E-state index is 13.4. The monoisotopic (exact) mass is 420 g/mol. The van der Waals surface area contributed by atoms with Crippen LogP contribution in [0.4, 0.5) is 11.4 Å². The third-order valence-electron chi connectivity index (χ3n) is 5.42. The molecule has 30 heavy (non-hydrogen) atoms. The number of nitrogens with zero attached hydrogens (tertiary/aromatic N) is 1. The fraction of sp³-hybridized carbons (Fsp3) is 0.167. The predicted molar refractivity (Wildman–Crippen MR) is 118 cm³/mol. The van der Waals surface area contributed by atoms with Gasteiger partial charge in [-0.25, -0.2) is 0 Å². The molecule has 0 aromatic heterocycles. The van der Waals surface area contributed by atoms with Gasteiger partial charge in [-0.2, -0.15) is 0 Å². The molecule has 152 valence electrons. The van der Waals surface area contributed by atoms with E-state index in [1.165, 1.54) is 4.90 Å². The number of aliphatic hydroxyl groups is 1. The van der Waals surface area contributed by atoms with Crippen molar-refractivity contribution in [3.8, 4) is 0 Å². The molecule has 3 aromatic carbocycles. The van der Waals surface area contributed by atoms with Crippen molar-refractivity contribution in [1.29, 1.82) is 0 Å². The number of rotatable bonds is 4. The van der Waals surface area contributed by atoms with Crippen LogP contribution in [-0.2, 0) is 15.2 Å². The summed E-state index contributed by atoms with van der Waals surface area (Å²) in [4.78, 5) is 27.5. The van der Waals surface area contributed by atoms with Crippen LogP contribution in [0.5, 0.6) is 0 Å². The Kier molecular flexibility index (Phi) is 5.10. The Bertz CT molecular complexity index is 1160. The lowest BCUT2D eigenvalue weighted by atomic mass is 9.87. The Morgan fingerprint density at radius 2 is 1.80 bits per heavy atom. The van der Waals surface area contributed by atoms with Crippen molar-refractivity contribution in [2.45, 2.75) is 19.4 Å². The molecular formula is C24H21ClN2O3. The maximum Gasteiger partial charge on any atom is 0.268 e. The number of carbonyl (C=O) groups excluding carboxylic acids is 2. The number of anilines is 2. The van der Waals surface area contributed by atoms with E-state index in [2.05, 4.69) is 5.32 Å². The second-order valence-corrected chi connectivity index (χ2v) is 7.86. The molecule has 1 aliphatic rings. The first kappa shape index (κ1) is 20.1. The largest absolute Gasteiger partial charge is 0.372 e. The summed E-state index contributed by atoms with van der Waals surface area (Å²) in [7, 11) is 0. The van der Waals surface area contributed by atoms with Crippen LogP contribution >= 0.6 is 11.6 Å². The summed E-state index contributed by atoms with van der Waals surface area (Å²) < 4.78 is 0. The van der Waals surface area contributed by atoms with Crippen LogP contribution in [0, 0.1) is 13.8 Å². The smallest absolute Gasteiger partial charge is 0.268 e. The number of hydrogen-bond donors (Lipinski definition) is 2. The highest BCUT2D eigenvalue weighted by molar-refractivity contribution is 6.31. The fourth-order valence-electron chi connectivity index (χ4n) is 3.82. The Labute approximate surface area is 179 Å². The van der Waals surface area contributed by atoms with Crippen molar-refractivity contribution in [3.05, 3.63) is 94.0 Å². The van der Waals surface area contributed by atoms with E-state index in [1.807, 2.05) is 19.9 Å². The lowest BCUT2D eigenvalue weighted by Crippen LogP contribution is -2.44. The molecule has 0 radical (unpaired) electrons. The molecule has 1 aliphatic heterocycles. The average Bonchev–Trinajstić information content (AvgIpc) is 2.94. The van der Waals surface area contributed by atoms with Gasteiger partial charge in [0.15, 0.2) is 5.60 Å². The zero-order valence-electron chi connectivity index (χ0n) is 16.6. The van der Waals surface area contributed by atoms with E-state index in [9.17, 15) is 14.7 Å². The van der Waals surface area contributed by atoms with Gasteiger partial charge < -0.3 is 10.4 Å². The Morgan fingerprint density at radius 1 is 1.07 bits per heavy atom. The summed E-state index contributed by atoms with van der Waals surface area (Å²) in [5.41, 5.74) is 1.89. The molecule has 0 aliphatic carbocycles. The second-order valence-electron chi connectivity index (χ2n) is 7.45. The number of aryl methyl sites for hydroxylation is 1. The van der Waals surface area contributed by atoms with Gasteiger partial charge >= 0.3 is 0 Å². The number of nitrogens with one attached hydrogen (secondary N) is 1. The van der Waals surface area contributed by atoms with Gasteiger partial charge in [0.1, 0.15) is 6.54 Å². The number of benzene rings is 3. The first-order valence-corrected chi connectivity index (χ1v) is 9.96. The SMILES string of the molecule is Cc1cccc([C@]2(O)C(=O)N(CC(=O)Nc3cccc(Cl)c3C)c3ccccc32)c1. The summed E-state index contributed by atoms with van der Waals surface area (Å²) in [6, 6.07) is 19.5. The van der Waals surface area contributed by atoms with Crippen molar-refractivity contribution in [2.75, 3.05) is 16.8 Å². The van der Waals surface area contributed by atoms with Gasteiger partial charge in [-0.15, -0.1) is 0 Å².